The molecule has 6 heteroatoms. The lowest BCUT2D eigenvalue weighted by atomic mass is 11.0. The van der Waals surface area contributed by atoms with Crippen molar-refractivity contribution in [1.82, 2.24) is 3.90 Å². The average Bonchev–Trinajstić information content (AvgIpc) is 1.97. The molecule has 0 heterocycles. The zero-order valence-corrected chi connectivity index (χ0v) is 16.5. The number of hydrogen-bond donors (Lipinski definition) is 0. The molecule has 0 rings (SSSR count). The number of rotatable bonds is 6. The largest absolute Gasteiger partial charge is 0.385 e. The second-order valence-electron chi connectivity index (χ2n) is 3.01. The van der Waals surface area contributed by atoms with E-state index in [2.05, 4.69) is 3.90 Å². The van der Waals surface area contributed by atoms with Crippen LogP contribution in [0.2, 0.25) is 24.2 Å². The van der Waals surface area contributed by atoms with Crippen LogP contribution in [0.4, 0.5) is 0 Å². The van der Waals surface area contributed by atoms with Crippen LogP contribution < -0.4 is 0 Å². The second-order valence-corrected chi connectivity index (χ2v) is 14.2. The van der Waals surface area contributed by atoms with Crippen molar-refractivity contribution in [2.75, 3.05) is 0 Å². The van der Waals surface area contributed by atoms with Gasteiger partial charge in [0.15, 0.2) is 0 Å². The highest BCUT2D eigenvalue weighted by Crippen LogP contribution is 1.90. The van der Waals surface area contributed by atoms with Crippen molar-refractivity contribution in [3.63, 3.8) is 0 Å². The molecule has 0 spiro atoms. The molecule has 0 aromatic heterocycles. The van der Waals surface area contributed by atoms with E-state index < -0.39 is 0 Å². The molecule has 0 N–H and O–H groups in total. The first-order chi connectivity index (χ1) is 4.81. The molecule has 0 unspecified atom stereocenters. The Labute approximate surface area is 78.5 Å². The summed E-state index contributed by atoms with van der Waals surface area (Å²) in [5.41, 5.74) is 0. The van der Waals surface area contributed by atoms with Crippen molar-refractivity contribution in [1.29, 1.82) is 0 Å². The van der Waals surface area contributed by atoms with Gasteiger partial charge in [0.05, 0.1) is 29.8 Å². The van der Waals surface area contributed by atoms with Gasteiger partial charge in [-0.15, -0.1) is 0 Å². The van der Waals surface area contributed by atoms with Gasteiger partial charge in [-0.3, -0.25) is 0 Å². The third kappa shape index (κ3) is 7.15. The predicted molar refractivity (Wildman–Crippen MR) is 68.0 cm³/mol. The molecule has 0 fully saturated rings. The van der Waals surface area contributed by atoms with Gasteiger partial charge < -0.3 is 3.90 Å². The Morgan fingerprint density at radius 1 is 1.00 bits per heavy atom. The molecule has 0 aromatic rings. The van der Waals surface area contributed by atoms with Crippen molar-refractivity contribution < 1.29 is 0 Å². The maximum Gasteiger partial charge on any atom is 0.0796 e. The van der Waals surface area contributed by atoms with Gasteiger partial charge in [-0.1, -0.05) is 24.2 Å². The van der Waals surface area contributed by atoms with E-state index >= 15 is 0 Å². The summed E-state index contributed by atoms with van der Waals surface area (Å²) < 4.78 is 2.88. The van der Waals surface area contributed by atoms with E-state index in [1.165, 1.54) is 30.9 Å². The molecule has 0 aliphatic rings. The van der Waals surface area contributed by atoms with Gasteiger partial charge in [-0.25, -0.2) is 0 Å². The zero-order chi connectivity index (χ0) is 7.82. The van der Waals surface area contributed by atoms with Crippen LogP contribution in [0.5, 0.6) is 0 Å². The first-order valence-electron chi connectivity index (χ1n) is 4.49. The van der Waals surface area contributed by atoms with Crippen LogP contribution in [-0.2, 0) is 0 Å². The smallest absolute Gasteiger partial charge is 0.0796 e. The molecule has 0 saturated carbocycles. The summed E-state index contributed by atoms with van der Waals surface area (Å²) in [6.07, 6.45) is 0. The normalized spacial score (nSPS) is 14.1. The van der Waals surface area contributed by atoms with Crippen LogP contribution in [0.15, 0.2) is 0 Å². The summed E-state index contributed by atoms with van der Waals surface area (Å²) in [6.45, 7) is 0. The van der Waals surface area contributed by atoms with Gasteiger partial charge >= 0.3 is 0 Å². The summed E-state index contributed by atoms with van der Waals surface area (Å²) in [5, 5.41) is 0. The zero-order valence-electron chi connectivity index (χ0n) is 7.69. The Bertz CT molecular complexity index is 62.7. The molecule has 0 aromatic carbocycles. The van der Waals surface area contributed by atoms with Crippen LogP contribution in [0, 0.1) is 0 Å². The molecular formula is C4H21NSi5. The molecule has 1 nitrogen and oxygen atoms in total. The van der Waals surface area contributed by atoms with Gasteiger partial charge in [0.1, 0.15) is 0 Å². The standard InChI is InChI=1S/C4H21NSi5/c6-1-3-9-5(8)10-4-2-7/h1-4,9-10H2,6-8H3. The minimum Gasteiger partial charge on any atom is -0.385 e. The summed E-state index contributed by atoms with van der Waals surface area (Å²) in [5.74, 6) is 0. The highest BCUT2D eigenvalue weighted by atomic mass is 28.3. The predicted octanol–water partition coefficient (Wildman–Crippen LogP) is -3.86. The van der Waals surface area contributed by atoms with Crippen LogP contribution in [0.3, 0.4) is 0 Å². The van der Waals surface area contributed by atoms with Crippen molar-refractivity contribution in [3.8, 4) is 0 Å². The third-order valence-corrected chi connectivity index (χ3v) is 14.2. The van der Waals surface area contributed by atoms with Crippen LogP contribution in [0.25, 0.3) is 0 Å². The van der Waals surface area contributed by atoms with E-state index in [0.29, 0.717) is 19.4 Å². The van der Waals surface area contributed by atoms with Crippen LogP contribution in [0.1, 0.15) is 0 Å². The van der Waals surface area contributed by atoms with Gasteiger partial charge in [0, 0.05) is 20.5 Å². The Balaban J connectivity index is 3.00. The van der Waals surface area contributed by atoms with Gasteiger partial charge in [0.25, 0.3) is 0 Å². The second kappa shape index (κ2) is 8.14. The van der Waals surface area contributed by atoms with E-state index in [0.717, 1.165) is 0 Å². The van der Waals surface area contributed by atoms with Crippen LogP contribution in [-0.4, -0.2) is 54.1 Å². The van der Waals surface area contributed by atoms with E-state index in [-0.39, 0.29) is 0 Å². The van der Waals surface area contributed by atoms with Gasteiger partial charge in [-0.05, 0) is 0 Å². The average molecular weight is 224 g/mol. The lowest BCUT2D eigenvalue weighted by Crippen LogP contribution is -2.28. The fourth-order valence-electron chi connectivity index (χ4n) is 0.968. The summed E-state index contributed by atoms with van der Waals surface area (Å²) in [7, 11) is 4.94. The van der Waals surface area contributed by atoms with E-state index in [4.69, 9.17) is 0 Å². The molecule has 0 bridgehead atoms. The Kier molecular flexibility index (Phi) is 8.99. The fraction of sp³-hybridized carbons (Fsp3) is 1.00. The highest BCUT2D eigenvalue weighted by molar-refractivity contribution is 6.60. The van der Waals surface area contributed by atoms with Gasteiger partial charge in [-0.2, -0.15) is 0 Å². The SMILES string of the molecule is [SiH3]CC[SiH2]N([SiH3])[SiH2]CC[SiH3]. The fourth-order valence-corrected chi connectivity index (χ4v) is 8.71. The quantitative estimate of drug-likeness (QED) is 0.417. The van der Waals surface area contributed by atoms with Crippen molar-refractivity contribution in [2.24, 2.45) is 0 Å². The molecule has 0 aliphatic heterocycles. The lowest BCUT2D eigenvalue weighted by Gasteiger charge is -2.14. The monoisotopic (exact) mass is 223 g/mol. The van der Waals surface area contributed by atoms with E-state index in [9.17, 15) is 0 Å². The minimum atomic E-state index is 0.322. The Hall–Kier alpha value is 1.04. The minimum absolute atomic E-state index is 0.322. The summed E-state index contributed by atoms with van der Waals surface area (Å²) in [6, 6.07) is 6.40. The van der Waals surface area contributed by atoms with Crippen LogP contribution >= 0.6 is 0 Å². The number of nitrogens with zero attached hydrogens (tertiary/aromatic N) is 1. The lowest BCUT2D eigenvalue weighted by molar-refractivity contribution is 1.07. The number of hydrogen-bond acceptors (Lipinski definition) is 1. The Morgan fingerprint density at radius 2 is 1.40 bits per heavy atom. The molecule has 0 radical (unpaired) electrons. The summed E-state index contributed by atoms with van der Waals surface area (Å²) >= 11 is 0. The molecule has 0 amide bonds. The highest BCUT2D eigenvalue weighted by Gasteiger charge is 1.95. The molecule has 0 saturated heterocycles. The van der Waals surface area contributed by atoms with Gasteiger partial charge in [0.2, 0.25) is 0 Å². The van der Waals surface area contributed by atoms with E-state index in [1.54, 1.807) is 24.2 Å². The maximum absolute atomic E-state index is 2.88. The molecule has 0 aliphatic carbocycles. The van der Waals surface area contributed by atoms with Crippen molar-refractivity contribution in [3.05, 3.63) is 0 Å². The van der Waals surface area contributed by atoms with Crippen molar-refractivity contribution in [2.45, 2.75) is 24.2 Å². The third-order valence-electron chi connectivity index (χ3n) is 1.79. The summed E-state index contributed by atoms with van der Waals surface area (Å²) in [4.78, 5) is 0. The molecule has 10 heavy (non-hydrogen) atoms. The first-order valence-corrected chi connectivity index (χ1v) is 11.5. The van der Waals surface area contributed by atoms with E-state index in [1.807, 2.05) is 0 Å². The molecule has 62 valence electrons. The molecule has 0 atom stereocenters. The Morgan fingerprint density at radius 3 is 1.70 bits per heavy atom. The molecular weight excluding hydrogens is 202 g/mol. The first kappa shape index (κ1) is 11.0. The maximum atomic E-state index is 2.88. The topological polar surface area (TPSA) is 3.24 Å². The van der Waals surface area contributed by atoms with Crippen molar-refractivity contribution >= 4 is 50.3 Å².